The van der Waals surface area contributed by atoms with Crippen molar-refractivity contribution in [2.45, 2.75) is 13.5 Å². The number of benzene rings is 2. The number of methoxy groups -OCH3 is 1. The highest BCUT2D eigenvalue weighted by Crippen LogP contribution is 2.27. The molecule has 1 aromatic heterocycles. The molecule has 2 N–H and O–H groups in total. The van der Waals surface area contributed by atoms with Crippen LogP contribution in [-0.4, -0.2) is 35.3 Å². The monoisotopic (exact) mass is 396 g/mol. The van der Waals surface area contributed by atoms with Crippen molar-refractivity contribution >= 4 is 22.7 Å². The topological polar surface area (TPSA) is 112 Å². The van der Waals surface area contributed by atoms with E-state index in [2.05, 4.69) is 16.0 Å². The van der Waals surface area contributed by atoms with Crippen LogP contribution in [0, 0.1) is 0 Å². The Labute approximate surface area is 166 Å². The Morgan fingerprint density at radius 3 is 2.66 bits per heavy atom. The Morgan fingerprint density at radius 1 is 1.10 bits per heavy atom. The minimum absolute atomic E-state index is 0.173. The average molecular weight is 396 g/mol. The van der Waals surface area contributed by atoms with E-state index in [9.17, 15) is 14.4 Å². The Morgan fingerprint density at radius 2 is 1.90 bits per heavy atom. The zero-order chi connectivity index (χ0) is 20.8. The van der Waals surface area contributed by atoms with Crippen molar-refractivity contribution in [3.63, 3.8) is 0 Å². The fourth-order valence-corrected chi connectivity index (χ4v) is 2.74. The predicted molar refractivity (Wildman–Crippen MR) is 106 cm³/mol. The number of hydrogen-bond acceptors (Lipinski definition) is 6. The molecule has 0 aliphatic heterocycles. The van der Waals surface area contributed by atoms with Gasteiger partial charge in [-0.15, -0.1) is 0 Å². The van der Waals surface area contributed by atoms with E-state index in [0.29, 0.717) is 29.0 Å². The number of nitrogens with zero attached hydrogens (tertiary/aromatic N) is 2. The zero-order valence-corrected chi connectivity index (χ0v) is 16.0. The Bertz CT molecular complexity index is 1110. The van der Waals surface area contributed by atoms with Crippen LogP contribution in [0.3, 0.4) is 0 Å². The summed E-state index contributed by atoms with van der Waals surface area (Å²) < 4.78 is 12.0. The summed E-state index contributed by atoms with van der Waals surface area (Å²) in [4.78, 5) is 36.4. The highest BCUT2D eigenvalue weighted by Gasteiger charge is 2.13. The molecule has 0 spiro atoms. The molecular formula is C20H20N4O5. The van der Waals surface area contributed by atoms with Crippen LogP contribution in [0.15, 0.2) is 53.5 Å². The van der Waals surface area contributed by atoms with Crippen molar-refractivity contribution in [1.82, 2.24) is 20.6 Å². The van der Waals surface area contributed by atoms with E-state index in [1.54, 1.807) is 36.4 Å². The van der Waals surface area contributed by atoms with Crippen molar-refractivity contribution in [3.05, 3.63) is 64.4 Å². The third-order valence-electron chi connectivity index (χ3n) is 4.10. The Hall–Kier alpha value is -3.88. The molecule has 3 aromatic rings. The second-order valence-corrected chi connectivity index (χ2v) is 5.98. The number of para-hydroxylation sites is 1. The van der Waals surface area contributed by atoms with Gasteiger partial charge in [0.25, 0.3) is 11.8 Å². The maximum absolute atomic E-state index is 12.3. The van der Waals surface area contributed by atoms with Gasteiger partial charge >= 0.3 is 0 Å². The smallest absolute Gasteiger partial charge is 0.269 e. The molecule has 2 aromatic carbocycles. The first-order valence-corrected chi connectivity index (χ1v) is 8.88. The molecule has 0 atom stereocenters. The molecule has 0 aliphatic carbocycles. The van der Waals surface area contributed by atoms with Gasteiger partial charge in [0.15, 0.2) is 11.5 Å². The molecule has 0 saturated carbocycles. The van der Waals surface area contributed by atoms with Crippen molar-refractivity contribution in [3.8, 4) is 11.5 Å². The van der Waals surface area contributed by atoms with E-state index in [1.165, 1.54) is 17.9 Å². The van der Waals surface area contributed by atoms with Crippen LogP contribution in [0.25, 0.3) is 10.9 Å². The molecule has 9 nitrogen and oxygen atoms in total. The lowest BCUT2D eigenvalue weighted by Gasteiger charge is -2.12. The van der Waals surface area contributed by atoms with Gasteiger partial charge in [-0.3, -0.25) is 29.9 Å². The molecule has 29 heavy (non-hydrogen) atoms. The molecule has 0 radical (unpaired) electrons. The Balaban J connectivity index is 1.66. The molecule has 1 heterocycles. The number of nitrogens with one attached hydrogen (secondary N) is 2. The fourth-order valence-electron chi connectivity index (χ4n) is 2.74. The summed E-state index contributed by atoms with van der Waals surface area (Å²) in [5, 5.41) is 4.44. The van der Waals surface area contributed by atoms with E-state index in [-0.39, 0.29) is 17.5 Å². The molecule has 3 rings (SSSR count). The van der Waals surface area contributed by atoms with Crippen LogP contribution >= 0.6 is 0 Å². The lowest BCUT2D eigenvalue weighted by atomic mass is 10.2. The van der Waals surface area contributed by atoms with E-state index < -0.39 is 11.8 Å². The highest BCUT2D eigenvalue weighted by molar-refractivity contribution is 5.96. The minimum atomic E-state index is -0.516. The SMILES string of the molecule is CCOc1ccc(C(=O)NNC(=O)Cn2ncc(=O)c3ccccc32)cc1OC. The number of rotatable bonds is 6. The average Bonchev–Trinajstić information content (AvgIpc) is 2.74. The van der Waals surface area contributed by atoms with Crippen molar-refractivity contribution < 1.29 is 19.1 Å². The van der Waals surface area contributed by atoms with Gasteiger partial charge in [0.1, 0.15) is 6.54 Å². The van der Waals surface area contributed by atoms with E-state index in [4.69, 9.17) is 9.47 Å². The second-order valence-electron chi connectivity index (χ2n) is 5.98. The summed E-state index contributed by atoms with van der Waals surface area (Å²) in [5.74, 6) is -0.0866. The van der Waals surface area contributed by atoms with Gasteiger partial charge in [-0.25, -0.2) is 0 Å². The first-order chi connectivity index (χ1) is 14.0. The summed E-state index contributed by atoms with van der Waals surface area (Å²) in [7, 11) is 1.48. The lowest BCUT2D eigenvalue weighted by molar-refractivity contribution is -0.122. The number of hydrazine groups is 1. The van der Waals surface area contributed by atoms with Crippen LogP contribution in [-0.2, 0) is 11.3 Å². The third-order valence-corrected chi connectivity index (χ3v) is 4.10. The van der Waals surface area contributed by atoms with E-state index >= 15 is 0 Å². The molecule has 0 bridgehead atoms. The molecule has 0 fully saturated rings. The van der Waals surface area contributed by atoms with Crippen molar-refractivity contribution in [2.75, 3.05) is 13.7 Å². The number of fused-ring (bicyclic) bond motifs is 1. The number of ether oxygens (including phenoxy) is 2. The largest absolute Gasteiger partial charge is 0.493 e. The summed E-state index contributed by atoms with van der Waals surface area (Å²) >= 11 is 0. The lowest BCUT2D eigenvalue weighted by Crippen LogP contribution is -2.43. The molecule has 0 unspecified atom stereocenters. The van der Waals surface area contributed by atoms with Gasteiger partial charge in [0, 0.05) is 10.9 Å². The standard InChI is InChI=1S/C20H20N4O5/c1-3-29-17-9-8-13(10-18(17)28-2)20(27)23-22-19(26)12-24-15-7-5-4-6-14(15)16(25)11-21-24/h4-11H,3,12H2,1-2H3,(H,22,26)(H,23,27). The summed E-state index contributed by atoms with van der Waals surface area (Å²) in [5.41, 5.74) is 5.27. The molecule has 2 amide bonds. The van der Waals surface area contributed by atoms with Crippen LogP contribution < -0.4 is 25.8 Å². The van der Waals surface area contributed by atoms with E-state index in [0.717, 1.165) is 6.20 Å². The normalized spacial score (nSPS) is 10.4. The van der Waals surface area contributed by atoms with Gasteiger partial charge in [0.2, 0.25) is 5.43 Å². The summed E-state index contributed by atoms with van der Waals surface area (Å²) in [6, 6.07) is 11.5. The van der Waals surface area contributed by atoms with Crippen molar-refractivity contribution in [1.29, 1.82) is 0 Å². The minimum Gasteiger partial charge on any atom is -0.493 e. The van der Waals surface area contributed by atoms with Gasteiger partial charge in [-0.05, 0) is 37.3 Å². The number of carbonyl (C=O) groups excluding carboxylic acids is 2. The Kier molecular flexibility index (Phi) is 6.08. The maximum Gasteiger partial charge on any atom is 0.269 e. The highest BCUT2D eigenvalue weighted by atomic mass is 16.5. The quantitative estimate of drug-likeness (QED) is 0.607. The molecular weight excluding hydrogens is 376 g/mol. The van der Waals surface area contributed by atoms with Gasteiger partial charge in [-0.2, -0.15) is 5.10 Å². The first kappa shape index (κ1) is 19.9. The van der Waals surface area contributed by atoms with E-state index in [1.807, 2.05) is 6.92 Å². The number of aromatic nitrogens is 2. The molecule has 0 saturated heterocycles. The molecule has 9 heteroatoms. The third kappa shape index (κ3) is 4.52. The van der Waals surface area contributed by atoms with Crippen LogP contribution in [0.1, 0.15) is 17.3 Å². The summed E-state index contributed by atoms with van der Waals surface area (Å²) in [6.45, 7) is 2.13. The number of amides is 2. The number of hydrogen-bond donors (Lipinski definition) is 2. The van der Waals surface area contributed by atoms with Gasteiger partial charge in [-0.1, -0.05) is 12.1 Å². The molecule has 0 aliphatic rings. The van der Waals surface area contributed by atoms with Gasteiger partial charge in [0.05, 0.1) is 25.4 Å². The number of carbonyl (C=O) groups is 2. The maximum atomic E-state index is 12.3. The van der Waals surface area contributed by atoms with Crippen LogP contribution in [0.2, 0.25) is 0 Å². The fraction of sp³-hybridized carbons (Fsp3) is 0.200. The van der Waals surface area contributed by atoms with Crippen molar-refractivity contribution in [2.24, 2.45) is 0 Å². The second kappa shape index (κ2) is 8.87. The zero-order valence-electron chi connectivity index (χ0n) is 16.0. The first-order valence-electron chi connectivity index (χ1n) is 8.88. The van der Waals surface area contributed by atoms with Crippen LogP contribution in [0.4, 0.5) is 0 Å². The summed E-state index contributed by atoms with van der Waals surface area (Å²) in [6.07, 6.45) is 1.15. The van der Waals surface area contributed by atoms with Gasteiger partial charge < -0.3 is 9.47 Å². The predicted octanol–water partition coefficient (Wildman–Crippen LogP) is 1.26. The molecule has 150 valence electrons. The van der Waals surface area contributed by atoms with Crippen LogP contribution in [0.5, 0.6) is 11.5 Å².